The summed E-state index contributed by atoms with van der Waals surface area (Å²) in [5, 5.41) is 9.42. The fourth-order valence-electron chi connectivity index (χ4n) is 4.58. The average molecular weight is 588 g/mol. The Labute approximate surface area is 244 Å². The number of halogens is 3. The SMILES string of the molecule is CNCCc1ccc(Nc2ncc3c(C)n(-c4cc(NC(=O)c5cccc(C(F)(F)F)c5)ccc4C)c(=O)nc3n2)cc1. The van der Waals surface area contributed by atoms with E-state index in [1.165, 1.54) is 22.3 Å². The quantitative estimate of drug-likeness (QED) is 0.218. The molecule has 12 heteroatoms. The molecule has 5 aromatic rings. The molecule has 1 amide bonds. The van der Waals surface area contributed by atoms with Crippen LogP contribution in [0.25, 0.3) is 16.7 Å². The van der Waals surface area contributed by atoms with Gasteiger partial charge in [-0.2, -0.15) is 23.1 Å². The zero-order valence-electron chi connectivity index (χ0n) is 23.6. The number of nitrogens with zero attached hydrogens (tertiary/aromatic N) is 4. The number of hydrogen-bond acceptors (Lipinski definition) is 7. The number of amides is 1. The Kier molecular flexibility index (Phi) is 8.22. The number of fused-ring (bicyclic) bond motifs is 1. The van der Waals surface area contributed by atoms with Gasteiger partial charge in [0, 0.05) is 28.8 Å². The van der Waals surface area contributed by atoms with Crippen LogP contribution in [0.15, 0.2) is 77.7 Å². The van der Waals surface area contributed by atoms with Gasteiger partial charge >= 0.3 is 11.9 Å². The van der Waals surface area contributed by atoms with Crippen LogP contribution in [-0.4, -0.2) is 39.0 Å². The Morgan fingerprint density at radius 3 is 2.42 bits per heavy atom. The summed E-state index contributed by atoms with van der Waals surface area (Å²) in [6.45, 7) is 4.40. The van der Waals surface area contributed by atoms with Gasteiger partial charge in [0.1, 0.15) is 0 Å². The summed E-state index contributed by atoms with van der Waals surface area (Å²) in [6.07, 6.45) is -2.09. The van der Waals surface area contributed by atoms with Crippen LogP contribution in [0.5, 0.6) is 0 Å². The number of aromatic nitrogens is 4. The molecule has 3 N–H and O–H groups in total. The summed E-state index contributed by atoms with van der Waals surface area (Å²) in [5.74, 6) is -0.433. The van der Waals surface area contributed by atoms with E-state index in [0.717, 1.165) is 30.8 Å². The van der Waals surface area contributed by atoms with E-state index in [0.29, 0.717) is 28.0 Å². The molecule has 43 heavy (non-hydrogen) atoms. The molecule has 9 nitrogen and oxygen atoms in total. The van der Waals surface area contributed by atoms with Crippen LogP contribution in [0.2, 0.25) is 0 Å². The summed E-state index contributed by atoms with van der Waals surface area (Å²) in [4.78, 5) is 39.1. The number of likely N-dealkylation sites (N-methyl/N-ethyl adjacent to an activating group) is 1. The van der Waals surface area contributed by atoms with Crippen molar-refractivity contribution >= 4 is 34.3 Å². The highest BCUT2D eigenvalue weighted by Crippen LogP contribution is 2.30. The number of carbonyl (C=O) groups excluding carboxylic acids is 1. The highest BCUT2D eigenvalue weighted by Gasteiger charge is 2.31. The molecule has 5 rings (SSSR count). The van der Waals surface area contributed by atoms with Crippen LogP contribution < -0.4 is 21.6 Å². The summed E-state index contributed by atoms with van der Waals surface area (Å²) in [6, 6.07) is 16.9. The topological polar surface area (TPSA) is 114 Å². The van der Waals surface area contributed by atoms with Crippen molar-refractivity contribution in [1.29, 1.82) is 0 Å². The third-order valence-corrected chi connectivity index (χ3v) is 6.92. The van der Waals surface area contributed by atoms with E-state index in [-0.39, 0.29) is 17.2 Å². The number of hydrogen-bond donors (Lipinski definition) is 3. The fourth-order valence-corrected chi connectivity index (χ4v) is 4.58. The molecule has 0 unspecified atom stereocenters. The largest absolute Gasteiger partial charge is 0.416 e. The van der Waals surface area contributed by atoms with E-state index in [4.69, 9.17) is 0 Å². The molecule has 220 valence electrons. The van der Waals surface area contributed by atoms with Crippen molar-refractivity contribution in [3.8, 4) is 5.69 Å². The predicted octanol–water partition coefficient (Wildman–Crippen LogP) is 5.57. The highest BCUT2D eigenvalue weighted by molar-refractivity contribution is 6.04. The van der Waals surface area contributed by atoms with Crippen molar-refractivity contribution in [3.63, 3.8) is 0 Å². The first-order valence-electron chi connectivity index (χ1n) is 13.4. The van der Waals surface area contributed by atoms with E-state index in [9.17, 15) is 22.8 Å². The van der Waals surface area contributed by atoms with E-state index in [2.05, 4.69) is 30.9 Å². The summed E-state index contributed by atoms with van der Waals surface area (Å²) in [5.41, 5.74) is 2.50. The fraction of sp³-hybridized carbons (Fsp3) is 0.194. The maximum absolute atomic E-state index is 13.3. The van der Waals surface area contributed by atoms with Crippen molar-refractivity contribution in [1.82, 2.24) is 24.8 Å². The smallest absolute Gasteiger partial charge is 0.324 e. The molecule has 0 saturated heterocycles. The lowest BCUT2D eigenvalue weighted by molar-refractivity contribution is -0.137. The lowest BCUT2D eigenvalue weighted by Gasteiger charge is -2.16. The van der Waals surface area contributed by atoms with Gasteiger partial charge in [-0.15, -0.1) is 0 Å². The molecule has 0 atom stereocenters. The van der Waals surface area contributed by atoms with Crippen LogP contribution >= 0.6 is 0 Å². The van der Waals surface area contributed by atoms with Crippen molar-refractivity contribution < 1.29 is 18.0 Å². The first-order chi connectivity index (χ1) is 20.5. The predicted molar refractivity (Wildman–Crippen MR) is 159 cm³/mol. The molecule has 0 fully saturated rings. The Morgan fingerprint density at radius 2 is 1.70 bits per heavy atom. The third kappa shape index (κ3) is 6.54. The number of alkyl halides is 3. The second-order valence-electron chi connectivity index (χ2n) is 9.96. The third-order valence-electron chi connectivity index (χ3n) is 6.92. The summed E-state index contributed by atoms with van der Waals surface area (Å²) in [7, 11) is 1.91. The van der Waals surface area contributed by atoms with Crippen LogP contribution in [0.1, 0.15) is 32.7 Å². The molecule has 0 saturated carbocycles. The number of benzene rings is 3. The zero-order chi connectivity index (χ0) is 30.7. The molecule has 0 aliphatic carbocycles. The maximum atomic E-state index is 13.3. The van der Waals surface area contributed by atoms with Crippen molar-refractivity contribution in [2.45, 2.75) is 26.4 Å². The lowest BCUT2D eigenvalue weighted by atomic mass is 10.1. The summed E-state index contributed by atoms with van der Waals surface area (Å²) < 4.78 is 40.7. The normalized spacial score (nSPS) is 11.5. The van der Waals surface area contributed by atoms with Crippen molar-refractivity contribution in [2.75, 3.05) is 24.2 Å². The van der Waals surface area contributed by atoms with Crippen LogP contribution in [0.4, 0.5) is 30.5 Å². The van der Waals surface area contributed by atoms with Gasteiger partial charge in [-0.1, -0.05) is 24.3 Å². The average Bonchev–Trinajstić information content (AvgIpc) is 2.98. The van der Waals surface area contributed by atoms with Gasteiger partial charge < -0.3 is 16.0 Å². The second-order valence-corrected chi connectivity index (χ2v) is 9.96. The zero-order valence-corrected chi connectivity index (χ0v) is 23.6. The number of nitrogens with one attached hydrogen (secondary N) is 3. The van der Waals surface area contributed by atoms with Gasteiger partial charge in [-0.25, -0.2) is 9.78 Å². The first kappa shape index (κ1) is 29.4. The number of rotatable bonds is 8. The Hall–Kier alpha value is -5.10. The Morgan fingerprint density at radius 1 is 0.953 bits per heavy atom. The minimum atomic E-state index is -4.58. The van der Waals surface area contributed by atoms with Gasteiger partial charge in [0.2, 0.25) is 5.95 Å². The van der Waals surface area contributed by atoms with Gasteiger partial charge in [0.05, 0.1) is 16.6 Å². The number of anilines is 3. The number of carbonyl (C=O) groups is 1. The minimum absolute atomic E-state index is 0.149. The minimum Gasteiger partial charge on any atom is -0.324 e. The Balaban J connectivity index is 1.42. The molecule has 3 aromatic carbocycles. The molecule has 0 bridgehead atoms. The maximum Gasteiger partial charge on any atom is 0.416 e. The van der Waals surface area contributed by atoms with Crippen LogP contribution in [0, 0.1) is 13.8 Å². The van der Waals surface area contributed by atoms with Crippen molar-refractivity contribution in [3.05, 3.63) is 111 Å². The van der Waals surface area contributed by atoms with Crippen LogP contribution in [0.3, 0.4) is 0 Å². The Bertz CT molecular complexity index is 1870. The van der Waals surface area contributed by atoms with E-state index in [1.54, 1.807) is 38.2 Å². The molecule has 0 spiro atoms. The second kappa shape index (κ2) is 12.0. The monoisotopic (exact) mass is 587 g/mol. The molecule has 0 aliphatic rings. The molecule has 2 heterocycles. The first-order valence-corrected chi connectivity index (χ1v) is 13.4. The molecule has 0 radical (unpaired) electrons. The van der Waals surface area contributed by atoms with Gasteiger partial charge in [0.25, 0.3) is 5.91 Å². The molecule has 2 aromatic heterocycles. The van der Waals surface area contributed by atoms with E-state index < -0.39 is 23.3 Å². The number of aryl methyl sites for hydroxylation is 2. The highest BCUT2D eigenvalue weighted by atomic mass is 19.4. The summed E-state index contributed by atoms with van der Waals surface area (Å²) >= 11 is 0. The van der Waals surface area contributed by atoms with E-state index in [1.807, 2.05) is 31.3 Å². The molecular formula is C31H28F3N7O2. The van der Waals surface area contributed by atoms with E-state index >= 15 is 0 Å². The van der Waals surface area contributed by atoms with Crippen LogP contribution in [-0.2, 0) is 12.6 Å². The molecular weight excluding hydrogens is 559 g/mol. The van der Waals surface area contributed by atoms with Gasteiger partial charge in [0.15, 0.2) is 5.65 Å². The van der Waals surface area contributed by atoms with Crippen molar-refractivity contribution in [2.24, 2.45) is 0 Å². The lowest BCUT2D eigenvalue weighted by Crippen LogP contribution is -2.25. The standard InChI is InChI=1S/C31H28F3N7O2/c1-18-7-10-24(37-28(42)21-5-4-6-22(15-21)31(32,33)34)16-26(18)41-19(2)25-17-36-29(39-27(25)40-30(41)43)38-23-11-8-20(9-12-23)13-14-35-3/h4-12,15-17,35H,13-14H2,1-3H3,(H,37,42)(H,38,39,40,43). The van der Waals surface area contributed by atoms with Gasteiger partial charge in [-0.05, 0) is 87.5 Å². The molecule has 0 aliphatic heterocycles. The van der Waals surface area contributed by atoms with Gasteiger partial charge in [-0.3, -0.25) is 9.36 Å².